The summed E-state index contributed by atoms with van der Waals surface area (Å²) in [7, 11) is 1.55. The summed E-state index contributed by atoms with van der Waals surface area (Å²) in [5.41, 5.74) is 1.47. The lowest BCUT2D eigenvalue weighted by atomic mass is 10.2. The van der Waals surface area contributed by atoms with Gasteiger partial charge in [-0.2, -0.15) is 0 Å². The Morgan fingerprint density at radius 3 is 2.54 bits per heavy atom. The fourth-order valence-corrected chi connectivity index (χ4v) is 2.18. The van der Waals surface area contributed by atoms with Crippen molar-refractivity contribution in [3.63, 3.8) is 0 Å². The Balaban J connectivity index is 1.84. The average Bonchev–Trinajstić information content (AvgIpc) is 2.65. The number of hydrogen-bond donors (Lipinski definition) is 1. The van der Waals surface area contributed by atoms with E-state index in [0.29, 0.717) is 11.3 Å². The molecule has 0 radical (unpaired) electrons. The molecule has 0 aromatic heterocycles. The lowest BCUT2D eigenvalue weighted by Crippen LogP contribution is -2.35. The molecule has 26 heavy (non-hydrogen) atoms. The first-order valence-electron chi connectivity index (χ1n) is 8.03. The largest absolute Gasteiger partial charge is 0.496 e. The molecule has 2 aromatic rings. The van der Waals surface area contributed by atoms with Crippen molar-refractivity contribution in [2.24, 2.45) is 0 Å². The predicted molar refractivity (Wildman–Crippen MR) is 95.8 cm³/mol. The Kier molecular flexibility index (Phi) is 6.91. The maximum absolute atomic E-state index is 12.8. The van der Waals surface area contributed by atoms with Gasteiger partial charge >= 0.3 is 5.97 Å². The van der Waals surface area contributed by atoms with Crippen molar-refractivity contribution in [1.29, 1.82) is 0 Å². The van der Waals surface area contributed by atoms with E-state index in [-0.39, 0.29) is 12.4 Å². The van der Waals surface area contributed by atoms with Crippen LogP contribution in [0, 0.1) is 5.82 Å². The molecule has 2 rings (SSSR count). The van der Waals surface area contributed by atoms with Crippen LogP contribution in [0.15, 0.2) is 54.6 Å². The molecule has 1 atom stereocenters. The fraction of sp³-hybridized carbons (Fsp3) is 0.200. The van der Waals surface area contributed by atoms with Crippen LogP contribution in [0.4, 0.5) is 4.39 Å². The van der Waals surface area contributed by atoms with E-state index in [1.807, 2.05) is 18.2 Å². The quantitative estimate of drug-likeness (QED) is 0.611. The lowest BCUT2D eigenvalue weighted by Gasteiger charge is -2.13. The van der Waals surface area contributed by atoms with Crippen LogP contribution in [-0.2, 0) is 20.9 Å². The highest BCUT2D eigenvalue weighted by atomic mass is 19.1. The first-order chi connectivity index (χ1) is 12.5. The predicted octanol–water partition coefficient (Wildman–Crippen LogP) is 3.10. The Morgan fingerprint density at radius 1 is 1.15 bits per heavy atom. The third-order valence-corrected chi connectivity index (χ3v) is 3.59. The molecule has 0 fully saturated rings. The number of nitrogens with one attached hydrogen (secondary N) is 1. The molecule has 0 aliphatic rings. The number of carbonyl (C=O) groups excluding carboxylic acids is 2. The van der Waals surface area contributed by atoms with Gasteiger partial charge in [0.25, 0.3) is 5.91 Å². The SMILES string of the molecule is COc1ccccc1CNC(=O)C(C)OC(=O)/C=C/c1ccc(F)cc1. The summed E-state index contributed by atoms with van der Waals surface area (Å²) in [6.45, 7) is 1.75. The zero-order valence-electron chi connectivity index (χ0n) is 14.6. The van der Waals surface area contributed by atoms with E-state index < -0.39 is 18.0 Å². The summed E-state index contributed by atoms with van der Waals surface area (Å²) in [5, 5.41) is 2.70. The Labute approximate surface area is 151 Å². The number of rotatable bonds is 7. The van der Waals surface area contributed by atoms with Crippen molar-refractivity contribution in [1.82, 2.24) is 5.32 Å². The zero-order valence-corrected chi connectivity index (χ0v) is 14.6. The normalized spacial score (nSPS) is 11.8. The van der Waals surface area contributed by atoms with Crippen LogP contribution in [0.1, 0.15) is 18.1 Å². The molecule has 0 aliphatic carbocycles. The Hall–Kier alpha value is -3.15. The van der Waals surface area contributed by atoms with Crippen LogP contribution in [0.3, 0.4) is 0 Å². The second-order valence-corrected chi connectivity index (χ2v) is 5.49. The van der Waals surface area contributed by atoms with Crippen molar-refractivity contribution in [2.45, 2.75) is 19.6 Å². The van der Waals surface area contributed by atoms with Crippen LogP contribution in [0.25, 0.3) is 6.08 Å². The maximum Gasteiger partial charge on any atom is 0.331 e. The number of methoxy groups -OCH3 is 1. The van der Waals surface area contributed by atoms with E-state index in [9.17, 15) is 14.0 Å². The highest BCUT2D eigenvalue weighted by Gasteiger charge is 2.16. The van der Waals surface area contributed by atoms with Gasteiger partial charge in [-0.3, -0.25) is 4.79 Å². The van der Waals surface area contributed by atoms with Gasteiger partial charge in [0.15, 0.2) is 6.10 Å². The van der Waals surface area contributed by atoms with Crippen molar-refractivity contribution in [3.8, 4) is 5.75 Å². The summed E-state index contributed by atoms with van der Waals surface area (Å²) in [4.78, 5) is 23.9. The van der Waals surface area contributed by atoms with Gasteiger partial charge in [-0.25, -0.2) is 9.18 Å². The Bertz CT molecular complexity index is 787. The molecule has 5 nitrogen and oxygen atoms in total. The van der Waals surface area contributed by atoms with E-state index in [0.717, 1.165) is 5.56 Å². The maximum atomic E-state index is 12.8. The first kappa shape index (κ1) is 19.2. The topological polar surface area (TPSA) is 64.6 Å². The summed E-state index contributed by atoms with van der Waals surface area (Å²) in [6, 6.07) is 12.9. The van der Waals surface area contributed by atoms with Gasteiger partial charge in [0.1, 0.15) is 11.6 Å². The number of halogens is 1. The smallest absolute Gasteiger partial charge is 0.331 e. The van der Waals surface area contributed by atoms with Crippen molar-refractivity contribution in [2.75, 3.05) is 7.11 Å². The van der Waals surface area contributed by atoms with Gasteiger partial charge in [0, 0.05) is 18.2 Å². The molecule has 1 amide bonds. The van der Waals surface area contributed by atoms with E-state index in [4.69, 9.17) is 9.47 Å². The molecular weight excluding hydrogens is 337 g/mol. The molecule has 6 heteroatoms. The number of ether oxygens (including phenoxy) is 2. The van der Waals surface area contributed by atoms with E-state index in [2.05, 4.69) is 5.32 Å². The van der Waals surface area contributed by atoms with Crippen LogP contribution >= 0.6 is 0 Å². The molecule has 0 saturated carbocycles. The summed E-state index contributed by atoms with van der Waals surface area (Å²) in [5.74, 6) is -0.765. The second kappa shape index (κ2) is 9.36. The average molecular weight is 357 g/mol. The van der Waals surface area contributed by atoms with Gasteiger partial charge in [0.2, 0.25) is 0 Å². The number of amides is 1. The van der Waals surface area contributed by atoms with Gasteiger partial charge in [-0.05, 0) is 36.8 Å². The molecule has 1 unspecified atom stereocenters. The number of benzene rings is 2. The van der Waals surface area contributed by atoms with Crippen LogP contribution in [-0.4, -0.2) is 25.1 Å². The molecular formula is C20H20FNO4. The van der Waals surface area contributed by atoms with Crippen molar-refractivity contribution < 1.29 is 23.5 Å². The summed E-state index contributed by atoms with van der Waals surface area (Å²) >= 11 is 0. The standard InChI is InChI=1S/C20H20FNO4/c1-14(20(24)22-13-16-5-3-4-6-18(16)25-2)26-19(23)12-9-15-7-10-17(21)11-8-15/h3-12,14H,13H2,1-2H3,(H,22,24)/b12-9+. The van der Waals surface area contributed by atoms with Gasteiger partial charge < -0.3 is 14.8 Å². The van der Waals surface area contributed by atoms with Crippen LogP contribution in [0.5, 0.6) is 5.75 Å². The monoisotopic (exact) mass is 357 g/mol. The number of esters is 1. The fourth-order valence-electron chi connectivity index (χ4n) is 2.18. The molecule has 2 aromatic carbocycles. The second-order valence-electron chi connectivity index (χ2n) is 5.49. The first-order valence-corrected chi connectivity index (χ1v) is 8.03. The number of para-hydroxylation sites is 1. The van der Waals surface area contributed by atoms with Crippen LogP contribution in [0.2, 0.25) is 0 Å². The van der Waals surface area contributed by atoms with Gasteiger partial charge in [-0.1, -0.05) is 30.3 Å². The van der Waals surface area contributed by atoms with Crippen LogP contribution < -0.4 is 10.1 Å². The highest BCUT2D eigenvalue weighted by molar-refractivity contribution is 5.90. The molecule has 0 aliphatic heterocycles. The molecule has 0 heterocycles. The van der Waals surface area contributed by atoms with Gasteiger partial charge in [0.05, 0.1) is 7.11 Å². The Morgan fingerprint density at radius 2 is 1.85 bits per heavy atom. The zero-order chi connectivity index (χ0) is 18.9. The third kappa shape index (κ3) is 5.73. The third-order valence-electron chi connectivity index (χ3n) is 3.59. The highest BCUT2D eigenvalue weighted by Crippen LogP contribution is 2.16. The van der Waals surface area contributed by atoms with E-state index >= 15 is 0 Å². The minimum absolute atomic E-state index is 0.260. The lowest BCUT2D eigenvalue weighted by molar-refractivity contribution is -0.150. The molecule has 0 spiro atoms. The van der Waals surface area contributed by atoms with E-state index in [1.165, 1.54) is 43.3 Å². The number of carbonyl (C=O) groups is 2. The molecule has 1 N–H and O–H groups in total. The molecule has 0 bridgehead atoms. The molecule has 136 valence electrons. The number of hydrogen-bond acceptors (Lipinski definition) is 4. The van der Waals surface area contributed by atoms with Gasteiger partial charge in [-0.15, -0.1) is 0 Å². The van der Waals surface area contributed by atoms with Crippen molar-refractivity contribution >= 4 is 18.0 Å². The molecule has 0 saturated heterocycles. The minimum atomic E-state index is -0.949. The summed E-state index contributed by atoms with van der Waals surface area (Å²) < 4.78 is 23.1. The van der Waals surface area contributed by atoms with E-state index in [1.54, 1.807) is 13.2 Å². The van der Waals surface area contributed by atoms with Crippen molar-refractivity contribution in [3.05, 3.63) is 71.6 Å². The minimum Gasteiger partial charge on any atom is -0.496 e. The summed E-state index contributed by atoms with van der Waals surface area (Å²) in [6.07, 6.45) is 1.73.